The van der Waals surface area contributed by atoms with Crippen molar-refractivity contribution < 1.29 is 28.5 Å². The summed E-state index contributed by atoms with van der Waals surface area (Å²) in [5.74, 6) is -1.93. The van der Waals surface area contributed by atoms with E-state index in [0.29, 0.717) is 20.8 Å². The standard InChI is InChI=1S/C17H21Cl3O6/c1-3-24-16(21)12(17(22)25-4-2)5-6-23-7-8-26-15-13(19)9-11(18)10-14(15)20/h9-10,12H,3-8H2,1-2H3. The Morgan fingerprint density at radius 1 is 0.923 bits per heavy atom. The van der Waals surface area contributed by atoms with Crippen molar-refractivity contribution >= 4 is 46.7 Å². The van der Waals surface area contributed by atoms with E-state index < -0.39 is 17.9 Å². The summed E-state index contributed by atoms with van der Waals surface area (Å²) in [7, 11) is 0. The van der Waals surface area contributed by atoms with Crippen LogP contribution in [0.4, 0.5) is 0 Å². The molecule has 6 nitrogen and oxygen atoms in total. The van der Waals surface area contributed by atoms with Gasteiger partial charge in [-0.1, -0.05) is 34.8 Å². The number of esters is 2. The van der Waals surface area contributed by atoms with E-state index in [4.69, 9.17) is 53.8 Å². The van der Waals surface area contributed by atoms with Gasteiger partial charge in [0, 0.05) is 11.6 Å². The van der Waals surface area contributed by atoms with Gasteiger partial charge in [-0.2, -0.15) is 0 Å². The highest BCUT2D eigenvalue weighted by Crippen LogP contribution is 2.35. The van der Waals surface area contributed by atoms with Gasteiger partial charge in [0.25, 0.3) is 0 Å². The van der Waals surface area contributed by atoms with Crippen molar-refractivity contribution in [1.82, 2.24) is 0 Å². The molecule has 0 aliphatic rings. The molecule has 0 unspecified atom stereocenters. The predicted octanol–water partition coefficient (Wildman–Crippen LogP) is 4.17. The lowest BCUT2D eigenvalue weighted by Gasteiger charge is -2.14. The van der Waals surface area contributed by atoms with Crippen LogP contribution in [-0.4, -0.2) is 45.0 Å². The zero-order chi connectivity index (χ0) is 19.5. The third kappa shape index (κ3) is 7.58. The van der Waals surface area contributed by atoms with Crippen molar-refractivity contribution in [2.75, 3.05) is 33.0 Å². The van der Waals surface area contributed by atoms with Gasteiger partial charge in [0.1, 0.15) is 6.61 Å². The van der Waals surface area contributed by atoms with Crippen LogP contribution in [0.5, 0.6) is 5.75 Å². The Balaban J connectivity index is 2.40. The summed E-state index contributed by atoms with van der Waals surface area (Å²) in [6.45, 7) is 4.27. The van der Waals surface area contributed by atoms with Gasteiger partial charge in [-0.05, 0) is 32.4 Å². The SMILES string of the molecule is CCOC(=O)C(CCOCCOc1c(Cl)cc(Cl)cc1Cl)C(=O)OCC. The van der Waals surface area contributed by atoms with E-state index >= 15 is 0 Å². The molecule has 26 heavy (non-hydrogen) atoms. The number of halogens is 3. The van der Waals surface area contributed by atoms with Gasteiger partial charge in [0.05, 0.1) is 29.9 Å². The normalized spacial score (nSPS) is 10.7. The topological polar surface area (TPSA) is 71.1 Å². The van der Waals surface area contributed by atoms with Gasteiger partial charge >= 0.3 is 11.9 Å². The summed E-state index contributed by atoms with van der Waals surface area (Å²) in [5.41, 5.74) is 0. The van der Waals surface area contributed by atoms with Gasteiger partial charge in [0.2, 0.25) is 0 Å². The molecule has 0 aliphatic carbocycles. The summed E-state index contributed by atoms with van der Waals surface area (Å²) in [6.07, 6.45) is 0.153. The fraction of sp³-hybridized carbons (Fsp3) is 0.529. The third-order valence-corrected chi connectivity index (χ3v) is 3.91. The van der Waals surface area contributed by atoms with Crippen LogP contribution in [0.3, 0.4) is 0 Å². The fourth-order valence-corrected chi connectivity index (χ4v) is 2.92. The Bertz CT molecular complexity index is 567. The van der Waals surface area contributed by atoms with Crippen molar-refractivity contribution in [3.05, 3.63) is 27.2 Å². The molecule has 0 bridgehead atoms. The Morgan fingerprint density at radius 3 is 1.96 bits per heavy atom. The summed E-state index contributed by atoms with van der Waals surface area (Å²) in [6, 6.07) is 3.04. The molecule has 0 spiro atoms. The van der Waals surface area contributed by atoms with Gasteiger partial charge in [-0.25, -0.2) is 0 Å². The van der Waals surface area contributed by atoms with E-state index in [1.54, 1.807) is 13.8 Å². The molecule has 1 aromatic rings. The highest BCUT2D eigenvalue weighted by Gasteiger charge is 2.29. The second-order valence-corrected chi connectivity index (χ2v) is 6.26. The molecular weight excluding hydrogens is 407 g/mol. The molecule has 0 N–H and O–H groups in total. The number of carbonyl (C=O) groups is 2. The Kier molecular flexibility index (Phi) is 10.7. The van der Waals surface area contributed by atoms with Gasteiger partial charge in [-0.3, -0.25) is 9.59 Å². The van der Waals surface area contributed by atoms with Crippen LogP contribution < -0.4 is 4.74 Å². The predicted molar refractivity (Wildman–Crippen MR) is 99.2 cm³/mol. The molecule has 0 aromatic heterocycles. The first kappa shape index (κ1) is 22.8. The maximum absolute atomic E-state index is 11.8. The van der Waals surface area contributed by atoms with Crippen molar-refractivity contribution in [1.29, 1.82) is 0 Å². The summed E-state index contributed by atoms with van der Waals surface area (Å²) in [5, 5.41) is 1.01. The van der Waals surface area contributed by atoms with E-state index in [9.17, 15) is 9.59 Å². The van der Waals surface area contributed by atoms with Crippen LogP contribution in [0, 0.1) is 5.92 Å². The molecule has 0 heterocycles. The molecule has 0 amide bonds. The summed E-state index contributed by atoms with van der Waals surface area (Å²) in [4.78, 5) is 23.6. The minimum atomic E-state index is -1.00. The Labute approximate surface area is 167 Å². The molecule has 0 radical (unpaired) electrons. The molecular formula is C17H21Cl3O6. The van der Waals surface area contributed by atoms with Gasteiger partial charge in [0.15, 0.2) is 11.7 Å². The zero-order valence-corrected chi connectivity index (χ0v) is 16.8. The lowest BCUT2D eigenvalue weighted by molar-refractivity contribution is -0.162. The molecule has 1 aromatic carbocycles. The van der Waals surface area contributed by atoms with Crippen molar-refractivity contribution in [3.8, 4) is 5.75 Å². The average Bonchev–Trinajstić information content (AvgIpc) is 2.56. The molecule has 9 heteroatoms. The first-order valence-corrected chi connectivity index (χ1v) is 9.22. The average molecular weight is 428 g/mol. The number of ether oxygens (including phenoxy) is 4. The van der Waals surface area contributed by atoms with Crippen LogP contribution in [0.2, 0.25) is 15.1 Å². The third-order valence-electron chi connectivity index (χ3n) is 3.13. The molecule has 0 atom stereocenters. The zero-order valence-electron chi connectivity index (χ0n) is 14.6. The number of benzene rings is 1. The van der Waals surface area contributed by atoms with Gasteiger partial charge < -0.3 is 18.9 Å². The van der Waals surface area contributed by atoms with Crippen LogP contribution in [0.15, 0.2) is 12.1 Å². The molecule has 0 saturated heterocycles. The second-order valence-electron chi connectivity index (χ2n) is 5.00. The minimum Gasteiger partial charge on any atom is -0.488 e. The Morgan fingerprint density at radius 2 is 1.46 bits per heavy atom. The highest BCUT2D eigenvalue weighted by molar-refractivity contribution is 6.40. The van der Waals surface area contributed by atoms with E-state index in [1.165, 1.54) is 12.1 Å². The van der Waals surface area contributed by atoms with Crippen molar-refractivity contribution in [3.63, 3.8) is 0 Å². The summed E-state index contributed by atoms with van der Waals surface area (Å²) >= 11 is 17.8. The lowest BCUT2D eigenvalue weighted by atomic mass is 10.1. The minimum absolute atomic E-state index is 0.153. The van der Waals surface area contributed by atoms with Crippen molar-refractivity contribution in [2.24, 2.45) is 5.92 Å². The smallest absolute Gasteiger partial charge is 0.320 e. The fourth-order valence-electron chi connectivity index (χ4n) is 1.99. The molecule has 146 valence electrons. The number of carbonyl (C=O) groups excluding carboxylic acids is 2. The lowest BCUT2D eigenvalue weighted by Crippen LogP contribution is -2.29. The molecule has 0 saturated carbocycles. The van der Waals surface area contributed by atoms with E-state index in [2.05, 4.69) is 0 Å². The number of hydrogen-bond donors (Lipinski definition) is 0. The maximum Gasteiger partial charge on any atom is 0.320 e. The monoisotopic (exact) mass is 426 g/mol. The van der Waals surface area contributed by atoms with E-state index in [1.807, 2.05) is 0 Å². The van der Waals surface area contributed by atoms with Crippen LogP contribution in [0.25, 0.3) is 0 Å². The molecule has 0 fully saturated rings. The van der Waals surface area contributed by atoms with Crippen LogP contribution in [0.1, 0.15) is 20.3 Å². The van der Waals surface area contributed by atoms with Crippen molar-refractivity contribution in [2.45, 2.75) is 20.3 Å². The Hall–Kier alpha value is -1.21. The van der Waals surface area contributed by atoms with E-state index in [0.717, 1.165) is 0 Å². The van der Waals surface area contributed by atoms with Crippen LogP contribution >= 0.6 is 34.8 Å². The maximum atomic E-state index is 11.8. The number of hydrogen-bond acceptors (Lipinski definition) is 6. The largest absolute Gasteiger partial charge is 0.488 e. The summed E-state index contributed by atoms with van der Waals surface area (Å²) < 4.78 is 20.6. The number of rotatable bonds is 11. The second kappa shape index (κ2) is 12.2. The highest BCUT2D eigenvalue weighted by atomic mass is 35.5. The first-order valence-electron chi connectivity index (χ1n) is 8.09. The quantitative estimate of drug-likeness (QED) is 0.300. The van der Waals surface area contributed by atoms with E-state index in [-0.39, 0.29) is 39.5 Å². The van der Waals surface area contributed by atoms with Gasteiger partial charge in [-0.15, -0.1) is 0 Å². The molecule has 1 rings (SSSR count). The van der Waals surface area contributed by atoms with Crippen LogP contribution in [-0.2, 0) is 23.8 Å². The first-order chi connectivity index (χ1) is 12.4. The molecule has 0 aliphatic heterocycles.